The third-order valence-corrected chi connectivity index (χ3v) is 4.44. The van der Waals surface area contributed by atoms with Crippen LogP contribution in [0.3, 0.4) is 0 Å². The van der Waals surface area contributed by atoms with E-state index in [1.165, 1.54) is 0 Å². The summed E-state index contributed by atoms with van der Waals surface area (Å²) >= 11 is 0. The second-order valence-electron chi connectivity index (χ2n) is 6.28. The first-order valence-corrected chi connectivity index (χ1v) is 8.70. The summed E-state index contributed by atoms with van der Waals surface area (Å²) in [6.45, 7) is 1.03. The number of urea groups is 1. The summed E-state index contributed by atoms with van der Waals surface area (Å²) < 4.78 is 0. The fraction of sp³-hybridized carbons (Fsp3) is 0.316. The van der Waals surface area contributed by atoms with Crippen molar-refractivity contribution in [1.29, 1.82) is 0 Å². The van der Waals surface area contributed by atoms with Gasteiger partial charge in [-0.15, -0.1) is 0 Å². The molecule has 1 atom stereocenters. The summed E-state index contributed by atoms with van der Waals surface area (Å²) in [6.07, 6.45) is 3.57. The van der Waals surface area contributed by atoms with Gasteiger partial charge in [0.2, 0.25) is 5.91 Å². The standard InChI is InChI=1S/C19H23N5O2/c20-15-8-6-14(7-9-15)12-22-19(26)23-13-18(25)24-11-3-5-17(24)16-4-1-2-10-21-16/h1-2,4,6-10,17H,3,5,11-13,20H2,(H2,22,23,26). The Hall–Kier alpha value is -3.09. The van der Waals surface area contributed by atoms with Crippen molar-refractivity contribution in [1.82, 2.24) is 20.5 Å². The van der Waals surface area contributed by atoms with Crippen LogP contribution in [0.5, 0.6) is 0 Å². The molecule has 1 unspecified atom stereocenters. The lowest BCUT2D eigenvalue weighted by Crippen LogP contribution is -2.43. The lowest BCUT2D eigenvalue weighted by molar-refractivity contribution is -0.131. The zero-order valence-electron chi connectivity index (χ0n) is 14.5. The van der Waals surface area contributed by atoms with Crippen LogP contribution in [-0.2, 0) is 11.3 Å². The van der Waals surface area contributed by atoms with Crippen LogP contribution in [0.25, 0.3) is 0 Å². The Labute approximate surface area is 152 Å². The molecule has 136 valence electrons. The first-order valence-electron chi connectivity index (χ1n) is 8.70. The number of anilines is 1. The van der Waals surface area contributed by atoms with Crippen LogP contribution < -0.4 is 16.4 Å². The molecule has 4 N–H and O–H groups in total. The number of nitrogens with zero attached hydrogens (tertiary/aromatic N) is 2. The summed E-state index contributed by atoms with van der Waals surface area (Å²) in [6, 6.07) is 12.6. The number of nitrogens with one attached hydrogen (secondary N) is 2. The summed E-state index contributed by atoms with van der Waals surface area (Å²) in [4.78, 5) is 30.6. The molecule has 0 radical (unpaired) electrons. The lowest BCUT2D eigenvalue weighted by Gasteiger charge is -2.24. The average Bonchev–Trinajstić information content (AvgIpc) is 3.16. The molecule has 0 spiro atoms. The molecule has 1 aromatic carbocycles. The number of hydrogen-bond donors (Lipinski definition) is 3. The van der Waals surface area contributed by atoms with Crippen LogP contribution >= 0.6 is 0 Å². The van der Waals surface area contributed by atoms with Gasteiger partial charge in [-0.25, -0.2) is 4.79 Å². The molecular weight excluding hydrogens is 330 g/mol. The average molecular weight is 353 g/mol. The number of benzene rings is 1. The number of hydrogen-bond acceptors (Lipinski definition) is 4. The number of carbonyl (C=O) groups is 2. The number of rotatable bonds is 5. The molecule has 7 heteroatoms. The minimum absolute atomic E-state index is 0.0108. The number of pyridine rings is 1. The predicted octanol–water partition coefficient (Wildman–Crippen LogP) is 1.83. The lowest BCUT2D eigenvalue weighted by atomic mass is 10.1. The highest BCUT2D eigenvalue weighted by Gasteiger charge is 2.30. The van der Waals surface area contributed by atoms with Gasteiger partial charge in [-0.2, -0.15) is 0 Å². The monoisotopic (exact) mass is 353 g/mol. The molecule has 2 aromatic rings. The van der Waals surface area contributed by atoms with E-state index in [-0.39, 0.29) is 24.5 Å². The van der Waals surface area contributed by atoms with Crippen LogP contribution in [0.15, 0.2) is 48.7 Å². The van der Waals surface area contributed by atoms with Crippen molar-refractivity contribution in [2.45, 2.75) is 25.4 Å². The molecule has 1 fully saturated rings. The Morgan fingerprint density at radius 3 is 2.69 bits per heavy atom. The fourth-order valence-electron chi connectivity index (χ4n) is 3.08. The second-order valence-corrected chi connectivity index (χ2v) is 6.28. The minimum Gasteiger partial charge on any atom is -0.399 e. The molecule has 0 saturated carbocycles. The number of carbonyl (C=O) groups excluding carboxylic acids is 2. The van der Waals surface area contributed by atoms with Gasteiger partial charge in [0.05, 0.1) is 18.3 Å². The van der Waals surface area contributed by atoms with Gasteiger partial charge in [-0.1, -0.05) is 18.2 Å². The van der Waals surface area contributed by atoms with Crippen LogP contribution in [0.2, 0.25) is 0 Å². The number of nitrogens with two attached hydrogens (primary N) is 1. The number of amides is 3. The predicted molar refractivity (Wildman–Crippen MR) is 99.0 cm³/mol. The second kappa shape index (κ2) is 8.33. The van der Waals surface area contributed by atoms with Crippen molar-refractivity contribution in [2.75, 3.05) is 18.8 Å². The highest BCUT2D eigenvalue weighted by atomic mass is 16.2. The maximum atomic E-state index is 12.5. The summed E-state index contributed by atoms with van der Waals surface area (Å²) in [5.74, 6) is -0.0965. The van der Waals surface area contributed by atoms with Crippen molar-refractivity contribution >= 4 is 17.6 Å². The molecule has 0 bridgehead atoms. The Morgan fingerprint density at radius 2 is 1.96 bits per heavy atom. The molecule has 3 amide bonds. The first kappa shape index (κ1) is 17.7. The van der Waals surface area contributed by atoms with Gasteiger partial charge < -0.3 is 21.3 Å². The molecule has 1 aliphatic rings. The van der Waals surface area contributed by atoms with Gasteiger partial charge in [0, 0.05) is 25.0 Å². The zero-order chi connectivity index (χ0) is 18.4. The molecule has 1 aromatic heterocycles. The van der Waals surface area contributed by atoms with Crippen molar-refractivity contribution < 1.29 is 9.59 Å². The Balaban J connectivity index is 1.47. The minimum atomic E-state index is -0.372. The maximum absolute atomic E-state index is 12.5. The van der Waals surface area contributed by atoms with Gasteiger partial charge >= 0.3 is 6.03 Å². The van der Waals surface area contributed by atoms with E-state index in [0.29, 0.717) is 18.8 Å². The molecule has 1 saturated heterocycles. The van der Waals surface area contributed by atoms with E-state index < -0.39 is 0 Å². The van der Waals surface area contributed by atoms with Crippen LogP contribution in [-0.4, -0.2) is 34.9 Å². The fourth-order valence-corrected chi connectivity index (χ4v) is 3.08. The van der Waals surface area contributed by atoms with Crippen molar-refractivity contribution in [3.63, 3.8) is 0 Å². The van der Waals surface area contributed by atoms with Gasteiger partial charge in [-0.3, -0.25) is 9.78 Å². The first-order chi connectivity index (χ1) is 12.6. The van der Waals surface area contributed by atoms with E-state index in [4.69, 9.17) is 5.73 Å². The Morgan fingerprint density at radius 1 is 1.15 bits per heavy atom. The summed E-state index contributed by atoms with van der Waals surface area (Å²) in [5.41, 5.74) is 8.14. The van der Waals surface area contributed by atoms with E-state index in [9.17, 15) is 9.59 Å². The van der Waals surface area contributed by atoms with E-state index >= 15 is 0 Å². The zero-order valence-corrected chi connectivity index (χ0v) is 14.5. The SMILES string of the molecule is Nc1ccc(CNC(=O)NCC(=O)N2CCCC2c2ccccn2)cc1. The highest BCUT2D eigenvalue weighted by molar-refractivity contribution is 5.84. The van der Waals surface area contributed by atoms with Gasteiger partial charge in [0.15, 0.2) is 0 Å². The Kier molecular flexibility index (Phi) is 5.68. The largest absolute Gasteiger partial charge is 0.399 e. The van der Waals surface area contributed by atoms with E-state index in [1.54, 1.807) is 23.2 Å². The van der Waals surface area contributed by atoms with Crippen molar-refractivity contribution in [3.8, 4) is 0 Å². The third kappa shape index (κ3) is 4.50. The smallest absolute Gasteiger partial charge is 0.315 e. The third-order valence-electron chi connectivity index (χ3n) is 4.44. The Bertz CT molecular complexity index is 748. The maximum Gasteiger partial charge on any atom is 0.315 e. The summed E-state index contributed by atoms with van der Waals surface area (Å²) in [7, 11) is 0. The summed E-state index contributed by atoms with van der Waals surface area (Å²) in [5, 5.41) is 5.36. The van der Waals surface area contributed by atoms with Crippen LogP contribution in [0.1, 0.15) is 30.1 Å². The van der Waals surface area contributed by atoms with E-state index in [1.807, 2.05) is 30.3 Å². The molecular formula is C19H23N5O2. The topological polar surface area (TPSA) is 100 Å². The molecule has 7 nitrogen and oxygen atoms in total. The van der Waals surface area contributed by atoms with E-state index in [0.717, 1.165) is 24.1 Å². The van der Waals surface area contributed by atoms with Crippen LogP contribution in [0.4, 0.5) is 10.5 Å². The van der Waals surface area contributed by atoms with Gasteiger partial charge in [0.25, 0.3) is 0 Å². The normalized spacial score (nSPS) is 16.3. The van der Waals surface area contributed by atoms with Gasteiger partial charge in [-0.05, 0) is 42.7 Å². The molecule has 0 aliphatic carbocycles. The highest BCUT2D eigenvalue weighted by Crippen LogP contribution is 2.30. The number of aromatic nitrogens is 1. The number of nitrogen functional groups attached to an aromatic ring is 1. The quantitative estimate of drug-likeness (QED) is 0.714. The van der Waals surface area contributed by atoms with Gasteiger partial charge in [0.1, 0.15) is 0 Å². The number of likely N-dealkylation sites (tertiary alicyclic amines) is 1. The van der Waals surface area contributed by atoms with Crippen LogP contribution in [0, 0.1) is 0 Å². The van der Waals surface area contributed by atoms with E-state index in [2.05, 4.69) is 15.6 Å². The van der Waals surface area contributed by atoms with Crippen molar-refractivity contribution in [2.24, 2.45) is 0 Å². The molecule has 3 rings (SSSR count). The van der Waals surface area contributed by atoms with Crippen molar-refractivity contribution in [3.05, 3.63) is 59.9 Å². The molecule has 26 heavy (non-hydrogen) atoms. The molecule has 2 heterocycles. The molecule has 1 aliphatic heterocycles.